The molecule has 1 unspecified atom stereocenters. The van der Waals surface area contributed by atoms with Crippen molar-refractivity contribution < 1.29 is 9.00 Å². The molecule has 0 spiro atoms. The number of hydrogen-bond acceptors (Lipinski definition) is 3. The highest BCUT2D eigenvalue weighted by Crippen LogP contribution is 2.12. The lowest BCUT2D eigenvalue weighted by Gasteiger charge is -2.08. The molecule has 0 heterocycles. The summed E-state index contributed by atoms with van der Waals surface area (Å²) >= 11 is 0. The Morgan fingerprint density at radius 2 is 2.21 bits per heavy atom. The SMILES string of the molecule is Cc1c(C#CCN)cccc1C(=O)NCCS(C)=O. The molecule has 0 aliphatic heterocycles. The minimum Gasteiger partial charge on any atom is -0.351 e. The van der Waals surface area contributed by atoms with E-state index in [1.54, 1.807) is 18.4 Å². The third-order valence-corrected chi connectivity index (χ3v) is 3.36. The fourth-order valence-electron chi connectivity index (χ4n) is 1.57. The normalized spacial score (nSPS) is 11.3. The first kappa shape index (κ1) is 15.4. The largest absolute Gasteiger partial charge is 0.351 e. The van der Waals surface area contributed by atoms with E-state index in [2.05, 4.69) is 17.2 Å². The van der Waals surface area contributed by atoms with Crippen LogP contribution in [0.4, 0.5) is 0 Å². The summed E-state index contributed by atoms with van der Waals surface area (Å²) in [5, 5.41) is 2.75. The highest BCUT2D eigenvalue weighted by molar-refractivity contribution is 7.84. The summed E-state index contributed by atoms with van der Waals surface area (Å²) in [5.41, 5.74) is 7.56. The Morgan fingerprint density at radius 1 is 1.47 bits per heavy atom. The number of carbonyl (C=O) groups is 1. The molecule has 1 aromatic rings. The van der Waals surface area contributed by atoms with Gasteiger partial charge in [-0.25, -0.2) is 0 Å². The fraction of sp³-hybridized carbons (Fsp3) is 0.357. The Bertz CT molecular complexity index is 544. The lowest BCUT2D eigenvalue weighted by Crippen LogP contribution is -2.28. The minimum atomic E-state index is -0.903. The van der Waals surface area contributed by atoms with Gasteiger partial charge in [-0.15, -0.1) is 0 Å². The zero-order chi connectivity index (χ0) is 14.3. The molecule has 0 aliphatic rings. The van der Waals surface area contributed by atoms with E-state index in [-0.39, 0.29) is 12.5 Å². The topological polar surface area (TPSA) is 72.2 Å². The van der Waals surface area contributed by atoms with Gasteiger partial charge in [0.1, 0.15) is 0 Å². The number of benzene rings is 1. The molecule has 5 heteroatoms. The first-order valence-electron chi connectivity index (χ1n) is 5.93. The lowest BCUT2D eigenvalue weighted by atomic mass is 10.0. The monoisotopic (exact) mass is 278 g/mol. The molecule has 1 rings (SSSR count). The van der Waals surface area contributed by atoms with Crippen LogP contribution < -0.4 is 11.1 Å². The van der Waals surface area contributed by atoms with Gasteiger partial charge in [0.15, 0.2) is 0 Å². The first-order chi connectivity index (χ1) is 9.06. The van der Waals surface area contributed by atoms with E-state index in [0.29, 0.717) is 17.9 Å². The second-order valence-electron chi connectivity index (χ2n) is 4.02. The maximum Gasteiger partial charge on any atom is 0.251 e. The van der Waals surface area contributed by atoms with E-state index in [4.69, 9.17) is 5.73 Å². The van der Waals surface area contributed by atoms with E-state index in [0.717, 1.165) is 11.1 Å². The molecule has 0 saturated carbocycles. The molecule has 1 atom stereocenters. The van der Waals surface area contributed by atoms with Gasteiger partial charge in [0, 0.05) is 40.5 Å². The smallest absolute Gasteiger partial charge is 0.251 e. The van der Waals surface area contributed by atoms with Crippen LogP contribution in [-0.2, 0) is 10.8 Å². The van der Waals surface area contributed by atoms with Gasteiger partial charge in [0.05, 0.1) is 6.54 Å². The molecule has 1 aromatic carbocycles. The molecule has 1 amide bonds. The van der Waals surface area contributed by atoms with Crippen molar-refractivity contribution in [3.63, 3.8) is 0 Å². The second-order valence-corrected chi connectivity index (χ2v) is 5.57. The van der Waals surface area contributed by atoms with Gasteiger partial charge in [-0.05, 0) is 24.6 Å². The molecule has 0 aliphatic carbocycles. The van der Waals surface area contributed by atoms with Crippen molar-refractivity contribution in [2.75, 3.05) is 25.1 Å². The number of nitrogens with one attached hydrogen (secondary N) is 1. The van der Waals surface area contributed by atoms with Crippen LogP contribution in [-0.4, -0.2) is 35.2 Å². The van der Waals surface area contributed by atoms with Crippen molar-refractivity contribution >= 4 is 16.7 Å². The standard InChI is InChI=1S/C14H18N2O2S/c1-11-12(6-4-8-15)5-3-7-13(11)14(17)16-9-10-19(2)18/h3,5,7H,8-10,15H2,1-2H3,(H,16,17). The van der Waals surface area contributed by atoms with Crippen LogP contribution in [0.2, 0.25) is 0 Å². The molecule has 19 heavy (non-hydrogen) atoms. The third kappa shape index (κ3) is 4.86. The molecule has 0 fully saturated rings. The van der Waals surface area contributed by atoms with Gasteiger partial charge in [-0.1, -0.05) is 17.9 Å². The maximum atomic E-state index is 12.0. The van der Waals surface area contributed by atoms with Gasteiger partial charge in [-0.3, -0.25) is 9.00 Å². The Balaban J connectivity index is 2.83. The number of hydrogen-bond donors (Lipinski definition) is 2. The first-order valence-corrected chi connectivity index (χ1v) is 7.65. The fourth-order valence-corrected chi connectivity index (χ4v) is 1.96. The molecule has 0 radical (unpaired) electrons. The van der Waals surface area contributed by atoms with Crippen LogP contribution in [0.15, 0.2) is 18.2 Å². The summed E-state index contributed by atoms with van der Waals surface area (Å²) in [5.74, 6) is 6.00. The molecule has 3 N–H and O–H groups in total. The average molecular weight is 278 g/mol. The third-order valence-electron chi connectivity index (χ3n) is 2.58. The molecular formula is C14H18N2O2S. The molecule has 0 aromatic heterocycles. The highest BCUT2D eigenvalue weighted by Gasteiger charge is 2.10. The summed E-state index contributed by atoms with van der Waals surface area (Å²) in [6, 6.07) is 5.40. The number of amides is 1. The van der Waals surface area contributed by atoms with Crippen molar-refractivity contribution in [2.24, 2.45) is 5.73 Å². The number of carbonyl (C=O) groups excluding carboxylic acids is 1. The predicted octanol–water partition coefficient (Wildman–Crippen LogP) is 0.414. The van der Waals surface area contributed by atoms with Crippen LogP contribution in [0.25, 0.3) is 0 Å². The van der Waals surface area contributed by atoms with E-state index < -0.39 is 10.8 Å². The van der Waals surface area contributed by atoms with Gasteiger partial charge < -0.3 is 11.1 Å². The average Bonchev–Trinajstić information content (AvgIpc) is 2.37. The van der Waals surface area contributed by atoms with Crippen molar-refractivity contribution in [3.8, 4) is 11.8 Å². The maximum absolute atomic E-state index is 12.0. The van der Waals surface area contributed by atoms with Crippen LogP contribution in [0.3, 0.4) is 0 Å². The molecular weight excluding hydrogens is 260 g/mol. The van der Waals surface area contributed by atoms with Crippen molar-refractivity contribution in [1.29, 1.82) is 0 Å². The Morgan fingerprint density at radius 3 is 2.84 bits per heavy atom. The van der Waals surface area contributed by atoms with Crippen LogP contribution in [0.1, 0.15) is 21.5 Å². The van der Waals surface area contributed by atoms with E-state index in [1.807, 2.05) is 13.0 Å². The van der Waals surface area contributed by atoms with Crippen molar-refractivity contribution in [1.82, 2.24) is 5.32 Å². The summed E-state index contributed by atoms with van der Waals surface area (Å²) < 4.78 is 10.9. The molecule has 0 bridgehead atoms. The zero-order valence-electron chi connectivity index (χ0n) is 11.2. The second kappa shape index (κ2) is 7.72. The van der Waals surface area contributed by atoms with E-state index >= 15 is 0 Å². The van der Waals surface area contributed by atoms with Crippen molar-refractivity contribution in [3.05, 3.63) is 34.9 Å². The molecule has 0 saturated heterocycles. The predicted molar refractivity (Wildman–Crippen MR) is 78.4 cm³/mol. The Kier molecular flexibility index (Phi) is 6.26. The van der Waals surface area contributed by atoms with Crippen LogP contribution >= 0.6 is 0 Å². The molecule has 4 nitrogen and oxygen atoms in total. The summed E-state index contributed by atoms with van der Waals surface area (Å²) in [7, 11) is -0.903. The van der Waals surface area contributed by atoms with Crippen LogP contribution in [0.5, 0.6) is 0 Å². The van der Waals surface area contributed by atoms with Gasteiger partial charge in [0.25, 0.3) is 5.91 Å². The molecule has 102 valence electrons. The number of nitrogens with two attached hydrogens (primary N) is 1. The summed E-state index contributed by atoms with van der Waals surface area (Å²) in [4.78, 5) is 12.0. The minimum absolute atomic E-state index is 0.167. The van der Waals surface area contributed by atoms with Crippen LogP contribution in [0, 0.1) is 18.8 Å². The highest BCUT2D eigenvalue weighted by atomic mass is 32.2. The quantitative estimate of drug-likeness (QED) is 0.784. The Labute approximate surface area is 116 Å². The van der Waals surface area contributed by atoms with E-state index in [1.165, 1.54) is 0 Å². The van der Waals surface area contributed by atoms with Gasteiger partial charge in [0.2, 0.25) is 0 Å². The van der Waals surface area contributed by atoms with E-state index in [9.17, 15) is 9.00 Å². The lowest BCUT2D eigenvalue weighted by molar-refractivity contribution is 0.0955. The Hall–Kier alpha value is -1.64. The summed E-state index contributed by atoms with van der Waals surface area (Å²) in [6.45, 7) is 2.55. The summed E-state index contributed by atoms with van der Waals surface area (Å²) in [6.07, 6.45) is 1.61. The zero-order valence-corrected chi connectivity index (χ0v) is 12.0. The van der Waals surface area contributed by atoms with Gasteiger partial charge in [-0.2, -0.15) is 0 Å². The van der Waals surface area contributed by atoms with Gasteiger partial charge >= 0.3 is 0 Å². The van der Waals surface area contributed by atoms with Crippen molar-refractivity contribution in [2.45, 2.75) is 6.92 Å². The number of rotatable bonds is 4.